The van der Waals surface area contributed by atoms with Gasteiger partial charge in [-0.15, -0.1) is 0 Å². The molecule has 3 nitrogen and oxygen atoms in total. The third-order valence-electron chi connectivity index (χ3n) is 5.34. The van der Waals surface area contributed by atoms with Gasteiger partial charge in [-0.3, -0.25) is 0 Å². The van der Waals surface area contributed by atoms with Crippen LogP contribution < -0.4 is 5.73 Å². The largest absolute Gasteiger partial charge is 0.389 e. The van der Waals surface area contributed by atoms with Crippen molar-refractivity contribution in [3.8, 4) is 0 Å². The van der Waals surface area contributed by atoms with Crippen LogP contribution in [0, 0.1) is 17.3 Å². The smallest absolute Gasteiger partial charge is 0.0740 e. The van der Waals surface area contributed by atoms with Crippen LogP contribution in [0.3, 0.4) is 0 Å². The molecule has 3 N–H and O–H groups in total. The van der Waals surface area contributed by atoms with Crippen molar-refractivity contribution in [2.75, 3.05) is 19.8 Å². The number of hydrogen-bond acceptors (Lipinski definition) is 3. The summed E-state index contributed by atoms with van der Waals surface area (Å²) in [5, 5.41) is 11.1. The van der Waals surface area contributed by atoms with Gasteiger partial charge in [0.2, 0.25) is 0 Å². The summed E-state index contributed by atoms with van der Waals surface area (Å²) in [5.41, 5.74) is 5.20. The first-order chi connectivity index (χ1) is 8.03. The molecule has 0 aromatic rings. The first-order valence-electron chi connectivity index (χ1n) is 7.03. The Kier molecular flexibility index (Phi) is 3.81. The van der Waals surface area contributed by atoms with Crippen molar-refractivity contribution in [3.05, 3.63) is 0 Å². The van der Waals surface area contributed by atoms with E-state index in [1.165, 1.54) is 0 Å². The topological polar surface area (TPSA) is 55.5 Å². The van der Waals surface area contributed by atoms with Crippen molar-refractivity contribution < 1.29 is 9.84 Å². The molecule has 2 rings (SSSR count). The van der Waals surface area contributed by atoms with E-state index in [2.05, 4.69) is 13.8 Å². The predicted molar refractivity (Wildman–Crippen MR) is 68.7 cm³/mol. The quantitative estimate of drug-likeness (QED) is 0.776. The lowest BCUT2D eigenvalue weighted by Crippen LogP contribution is -2.59. The van der Waals surface area contributed by atoms with Crippen molar-refractivity contribution in [2.24, 2.45) is 23.0 Å². The minimum absolute atomic E-state index is 0.195. The van der Waals surface area contributed by atoms with E-state index in [-0.39, 0.29) is 5.41 Å². The molecule has 2 aliphatic rings. The van der Waals surface area contributed by atoms with Crippen LogP contribution in [0.15, 0.2) is 0 Å². The lowest BCUT2D eigenvalue weighted by molar-refractivity contribution is -0.171. The Morgan fingerprint density at radius 1 is 1.29 bits per heavy atom. The third-order valence-corrected chi connectivity index (χ3v) is 5.34. The molecule has 2 fully saturated rings. The van der Waals surface area contributed by atoms with Gasteiger partial charge >= 0.3 is 0 Å². The summed E-state index contributed by atoms with van der Waals surface area (Å²) in [6.07, 6.45) is 4.93. The van der Waals surface area contributed by atoms with Gasteiger partial charge in [0.1, 0.15) is 0 Å². The Bertz CT molecular complexity index is 263. The Morgan fingerprint density at radius 2 is 2.06 bits per heavy atom. The van der Waals surface area contributed by atoms with Gasteiger partial charge < -0.3 is 15.6 Å². The standard InChI is InChI=1S/C14H27NO2/c1-11-4-6-14(16,8-12(11)2)13(9-15)5-3-7-17-10-13/h11-12,16H,3-10,15H2,1-2H3. The molecule has 0 radical (unpaired) electrons. The second-order valence-corrected chi connectivity index (χ2v) is 6.37. The molecule has 100 valence electrons. The molecule has 1 aliphatic heterocycles. The first-order valence-corrected chi connectivity index (χ1v) is 7.03. The van der Waals surface area contributed by atoms with Crippen LogP contribution in [-0.2, 0) is 4.74 Å². The van der Waals surface area contributed by atoms with Crippen molar-refractivity contribution in [2.45, 2.75) is 51.6 Å². The molecule has 0 aromatic heterocycles. The number of nitrogens with two attached hydrogens (primary N) is 1. The molecule has 17 heavy (non-hydrogen) atoms. The van der Waals surface area contributed by atoms with Crippen LogP contribution in [0.1, 0.15) is 46.0 Å². The molecule has 0 amide bonds. The highest BCUT2D eigenvalue weighted by molar-refractivity contribution is 5.03. The maximum atomic E-state index is 11.1. The fourth-order valence-corrected chi connectivity index (χ4v) is 3.64. The van der Waals surface area contributed by atoms with E-state index in [1.807, 2.05) is 0 Å². The Morgan fingerprint density at radius 3 is 2.59 bits per heavy atom. The first kappa shape index (κ1) is 13.3. The minimum Gasteiger partial charge on any atom is -0.389 e. The Balaban J connectivity index is 2.17. The summed E-state index contributed by atoms with van der Waals surface area (Å²) >= 11 is 0. The zero-order valence-electron chi connectivity index (χ0n) is 11.2. The highest BCUT2D eigenvalue weighted by Crippen LogP contribution is 2.49. The van der Waals surface area contributed by atoms with E-state index in [0.29, 0.717) is 19.1 Å². The van der Waals surface area contributed by atoms with Crippen molar-refractivity contribution in [1.29, 1.82) is 0 Å². The summed E-state index contributed by atoms with van der Waals surface area (Å²) in [6.45, 7) is 6.55. The van der Waals surface area contributed by atoms with E-state index in [1.54, 1.807) is 0 Å². The maximum absolute atomic E-state index is 11.1. The Labute approximate surface area is 105 Å². The molecule has 1 aliphatic carbocycles. The van der Waals surface area contributed by atoms with Gasteiger partial charge in [0.05, 0.1) is 12.2 Å². The monoisotopic (exact) mass is 241 g/mol. The van der Waals surface area contributed by atoms with Gasteiger partial charge in [-0.2, -0.15) is 0 Å². The second-order valence-electron chi connectivity index (χ2n) is 6.37. The molecule has 3 heteroatoms. The number of rotatable bonds is 2. The van der Waals surface area contributed by atoms with E-state index in [0.717, 1.165) is 44.6 Å². The maximum Gasteiger partial charge on any atom is 0.0740 e. The molecular formula is C14H27NO2. The molecule has 1 saturated heterocycles. The van der Waals surface area contributed by atoms with Gasteiger partial charge in [-0.05, 0) is 43.9 Å². The van der Waals surface area contributed by atoms with Crippen LogP contribution in [0.2, 0.25) is 0 Å². The van der Waals surface area contributed by atoms with Gasteiger partial charge in [-0.1, -0.05) is 13.8 Å². The van der Waals surface area contributed by atoms with Gasteiger partial charge in [0.15, 0.2) is 0 Å². The van der Waals surface area contributed by atoms with Crippen LogP contribution in [-0.4, -0.2) is 30.5 Å². The zero-order chi connectivity index (χ0) is 12.5. The molecular weight excluding hydrogens is 214 g/mol. The summed E-state index contributed by atoms with van der Waals surface area (Å²) in [4.78, 5) is 0. The average molecular weight is 241 g/mol. The van der Waals surface area contributed by atoms with E-state index in [9.17, 15) is 5.11 Å². The fraction of sp³-hybridized carbons (Fsp3) is 1.00. The fourth-order valence-electron chi connectivity index (χ4n) is 3.64. The van der Waals surface area contributed by atoms with E-state index in [4.69, 9.17) is 10.5 Å². The Hall–Kier alpha value is -0.120. The molecule has 4 atom stereocenters. The van der Waals surface area contributed by atoms with Crippen molar-refractivity contribution in [3.63, 3.8) is 0 Å². The van der Waals surface area contributed by atoms with Crippen LogP contribution in [0.4, 0.5) is 0 Å². The van der Waals surface area contributed by atoms with E-state index >= 15 is 0 Å². The van der Waals surface area contributed by atoms with Crippen LogP contribution in [0.5, 0.6) is 0 Å². The average Bonchev–Trinajstić information content (AvgIpc) is 2.35. The number of hydrogen-bond donors (Lipinski definition) is 2. The third kappa shape index (κ3) is 2.25. The minimum atomic E-state index is -0.603. The highest BCUT2D eigenvalue weighted by atomic mass is 16.5. The number of aliphatic hydroxyl groups is 1. The van der Waals surface area contributed by atoms with Crippen molar-refractivity contribution >= 4 is 0 Å². The van der Waals surface area contributed by atoms with Gasteiger partial charge in [0.25, 0.3) is 0 Å². The molecule has 1 heterocycles. The summed E-state index contributed by atoms with van der Waals surface area (Å²) in [7, 11) is 0. The summed E-state index contributed by atoms with van der Waals surface area (Å²) in [6, 6.07) is 0. The predicted octanol–water partition coefficient (Wildman–Crippen LogP) is 1.93. The lowest BCUT2D eigenvalue weighted by atomic mass is 9.59. The number of ether oxygens (including phenoxy) is 1. The summed E-state index contributed by atoms with van der Waals surface area (Å²) < 4.78 is 5.62. The van der Waals surface area contributed by atoms with Crippen LogP contribution in [0.25, 0.3) is 0 Å². The molecule has 1 saturated carbocycles. The molecule has 0 spiro atoms. The van der Waals surface area contributed by atoms with Crippen molar-refractivity contribution in [1.82, 2.24) is 0 Å². The second kappa shape index (κ2) is 4.87. The highest BCUT2D eigenvalue weighted by Gasteiger charge is 2.52. The van der Waals surface area contributed by atoms with Gasteiger partial charge in [-0.25, -0.2) is 0 Å². The van der Waals surface area contributed by atoms with Crippen LogP contribution >= 0.6 is 0 Å². The van der Waals surface area contributed by atoms with Gasteiger partial charge in [0, 0.05) is 18.6 Å². The zero-order valence-corrected chi connectivity index (χ0v) is 11.2. The molecule has 0 bridgehead atoms. The van der Waals surface area contributed by atoms with E-state index < -0.39 is 5.60 Å². The molecule has 4 unspecified atom stereocenters. The lowest BCUT2D eigenvalue weighted by Gasteiger charge is -2.53. The normalized spacial score (nSPS) is 48.0. The summed E-state index contributed by atoms with van der Waals surface area (Å²) in [5.74, 6) is 1.30. The molecule has 0 aromatic carbocycles. The SMILES string of the molecule is CC1CCC(O)(C2(CN)CCCOC2)CC1C.